The highest BCUT2D eigenvalue weighted by Crippen LogP contribution is 2.31. The first-order valence-electron chi connectivity index (χ1n) is 5.98. The first-order valence-corrected chi connectivity index (χ1v) is 7.49. The molecule has 2 aliphatic rings. The molecule has 0 aromatic rings. The molecule has 0 bridgehead atoms. The maximum Gasteiger partial charge on any atom is 0.218 e. The van der Waals surface area contributed by atoms with Gasteiger partial charge in [-0.25, -0.2) is 8.42 Å². The Balaban J connectivity index is 2.10. The van der Waals surface area contributed by atoms with Crippen molar-refractivity contribution < 1.29 is 8.42 Å². The molecule has 0 amide bonds. The summed E-state index contributed by atoms with van der Waals surface area (Å²) in [6.45, 7) is 5.65. The largest absolute Gasteiger partial charge is 0.315 e. The molecule has 1 saturated carbocycles. The molecule has 0 aromatic heterocycles. The van der Waals surface area contributed by atoms with E-state index in [1.807, 2.05) is 0 Å². The maximum atomic E-state index is 12.4. The number of nitrogens with zero attached hydrogens (tertiary/aromatic N) is 1. The van der Waals surface area contributed by atoms with Crippen LogP contribution in [0, 0.1) is 0 Å². The second-order valence-corrected chi connectivity index (χ2v) is 6.77. The predicted molar refractivity (Wildman–Crippen MR) is 64.7 cm³/mol. The predicted octanol–water partition coefficient (Wildman–Crippen LogP) is 0.719. The summed E-state index contributed by atoms with van der Waals surface area (Å²) in [6, 6.07) is 0.241. The van der Waals surface area contributed by atoms with Crippen molar-refractivity contribution in [1.29, 1.82) is 0 Å². The quantitative estimate of drug-likeness (QED) is 0.725. The Hall–Kier alpha value is -0.390. The van der Waals surface area contributed by atoms with Gasteiger partial charge in [0, 0.05) is 19.1 Å². The monoisotopic (exact) mass is 244 g/mol. The molecule has 1 aliphatic heterocycles. The van der Waals surface area contributed by atoms with Crippen molar-refractivity contribution >= 4 is 10.0 Å². The Morgan fingerprint density at radius 3 is 2.62 bits per heavy atom. The van der Waals surface area contributed by atoms with Crippen molar-refractivity contribution in [3.63, 3.8) is 0 Å². The number of rotatable bonds is 5. The Labute approximate surface area is 97.8 Å². The lowest BCUT2D eigenvalue weighted by molar-refractivity contribution is 0.408. The van der Waals surface area contributed by atoms with E-state index >= 15 is 0 Å². The van der Waals surface area contributed by atoms with Gasteiger partial charge < -0.3 is 5.32 Å². The van der Waals surface area contributed by atoms with Crippen molar-refractivity contribution in [2.45, 2.75) is 37.0 Å². The van der Waals surface area contributed by atoms with Crippen molar-refractivity contribution in [3.05, 3.63) is 12.7 Å². The summed E-state index contributed by atoms with van der Waals surface area (Å²) in [6.07, 6.45) is 5.44. The van der Waals surface area contributed by atoms with Crippen LogP contribution in [-0.2, 0) is 10.0 Å². The fourth-order valence-electron chi connectivity index (χ4n) is 2.22. The second kappa shape index (κ2) is 4.85. The zero-order valence-corrected chi connectivity index (χ0v) is 10.4. The molecule has 4 nitrogen and oxygen atoms in total. The number of nitrogens with one attached hydrogen (secondary N) is 1. The Morgan fingerprint density at radius 2 is 2.12 bits per heavy atom. The van der Waals surface area contributed by atoms with E-state index in [1.165, 1.54) is 0 Å². The van der Waals surface area contributed by atoms with E-state index in [2.05, 4.69) is 11.9 Å². The summed E-state index contributed by atoms with van der Waals surface area (Å²) < 4.78 is 26.4. The molecule has 2 rings (SSSR count). The summed E-state index contributed by atoms with van der Waals surface area (Å²) in [4.78, 5) is 0. The van der Waals surface area contributed by atoms with Gasteiger partial charge in [0.15, 0.2) is 0 Å². The number of hydrogen-bond donors (Lipinski definition) is 1. The van der Waals surface area contributed by atoms with E-state index < -0.39 is 10.0 Å². The summed E-state index contributed by atoms with van der Waals surface area (Å²) in [5.74, 6) is 0. The van der Waals surface area contributed by atoms with Crippen LogP contribution in [0.2, 0.25) is 0 Å². The van der Waals surface area contributed by atoms with Gasteiger partial charge in [-0.3, -0.25) is 0 Å². The smallest absolute Gasteiger partial charge is 0.218 e. The molecular weight excluding hydrogens is 224 g/mol. The zero-order chi connectivity index (χ0) is 11.6. The van der Waals surface area contributed by atoms with Gasteiger partial charge in [-0.05, 0) is 32.2 Å². The maximum absolute atomic E-state index is 12.4. The average molecular weight is 244 g/mol. The van der Waals surface area contributed by atoms with Crippen LogP contribution < -0.4 is 5.32 Å². The van der Waals surface area contributed by atoms with Gasteiger partial charge in [0.1, 0.15) is 0 Å². The Morgan fingerprint density at radius 1 is 1.38 bits per heavy atom. The molecule has 1 heterocycles. The van der Waals surface area contributed by atoms with Crippen LogP contribution in [0.25, 0.3) is 0 Å². The molecule has 1 atom stereocenters. The first kappa shape index (κ1) is 12.1. The van der Waals surface area contributed by atoms with Crippen molar-refractivity contribution in [3.8, 4) is 0 Å². The summed E-state index contributed by atoms with van der Waals surface area (Å²) in [5, 5.41) is 2.93. The molecule has 2 fully saturated rings. The molecule has 0 spiro atoms. The first-order chi connectivity index (χ1) is 7.66. The summed E-state index contributed by atoms with van der Waals surface area (Å²) in [5.41, 5.74) is 0. The lowest BCUT2D eigenvalue weighted by Gasteiger charge is -2.29. The van der Waals surface area contributed by atoms with E-state index in [0.717, 1.165) is 32.2 Å². The van der Waals surface area contributed by atoms with Gasteiger partial charge in [0.25, 0.3) is 0 Å². The number of piperidine rings is 1. The molecule has 92 valence electrons. The third-order valence-corrected chi connectivity index (χ3v) is 5.61. The van der Waals surface area contributed by atoms with E-state index in [-0.39, 0.29) is 11.3 Å². The van der Waals surface area contributed by atoms with Crippen LogP contribution in [0.4, 0.5) is 0 Å². The minimum absolute atomic E-state index is 0.234. The van der Waals surface area contributed by atoms with Gasteiger partial charge in [-0.1, -0.05) is 6.08 Å². The standard InChI is InChI=1S/C11H20N2O2S/c1-2-8-13(10-5-6-10)16(14,15)11-4-3-7-12-9-11/h2,10-12H,1,3-9H2. The fraction of sp³-hybridized carbons (Fsp3) is 0.818. The van der Waals surface area contributed by atoms with Crippen molar-refractivity contribution in [1.82, 2.24) is 9.62 Å². The van der Waals surface area contributed by atoms with Gasteiger partial charge >= 0.3 is 0 Å². The molecule has 16 heavy (non-hydrogen) atoms. The van der Waals surface area contributed by atoms with Crippen LogP contribution in [0.1, 0.15) is 25.7 Å². The van der Waals surface area contributed by atoms with Crippen molar-refractivity contribution in [2.75, 3.05) is 19.6 Å². The lowest BCUT2D eigenvalue weighted by Crippen LogP contribution is -2.47. The van der Waals surface area contributed by atoms with E-state index in [1.54, 1.807) is 10.4 Å². The molecule has 1 saturated heterocycles. The van der Waals surface area contributed by atoms with Crippen LogP contribution in [0.3, 0.4) is 0 Å². The molecule has 1 unspecified atom stereocenters. The number of hydrogen-bond acceptors (Lipinski definition) is 3. The molecule has 0 radical (unpaired) electrons. The minimum Gasteiger partial charge on any atom is -0.315 e. The summed E-state index contributed by atoms with van der Waals surface area (Å²) in [7, 11) is -3.12. The van der Waals surface area contributed by atoms with Crippen LogP contribution >= 0.6 is 0 Å². The Kier molecular flexibility index (Phi) is 3.66. The van der Waals surface area contributed by atoms with Gasteiger partial charge in [0.05, 0.1) is 5.25 Å². The SMILES string of the molecule is C=CCN(C1CC1)S(=O)(=O)C1CCCNC1. The van der Waals surface area contributed by atoms with Crippen LogP contribution in [-0.4, -0.2) is 43.6 Å². The van der Waals surface area contributed by atoms with E-state index in [0.29, 0.717) is 13.1 Å². The topological polar surface area (TPSA) is 49.4 Å². The highest BCUT2D eigenvalue weighted by atomic mass is 32.2. The third-order valence-electron chi connectivity index (χ3n) is 3.26. The minimum atomic E-state index is -3.12. The van der Waals surface area contributed by atoms with Gasteiger partial charge in [-0.15, -0.1) is 6.58 Å². The molecule has 0 aromatic carbocycles. The fourth-order valence-corrected chi connectivity index (χ4v) is 4.33. The third kappa shape index (κ3) is 2.47. The Bertz CT molecular complexity index is 343. The number of sulfonamides is 1. The lowest BCUT2D eigenvalue weighted by atomic mass is 10.2. The molecule has 5 heteroatoms. The van der Waals surface area contributed by atoms with Gasteiger partial charge in [0.2, 0.25) is 10.0 Å². The normalized spacial score (nSPS) is 26.9. The zero-order valence-electron chi connectivity index (χ0n) is 9.56. The highest BCUT2D eigenvalue weighted by Gasteiger charge is 2.40. The van der Waals surface area contributed by atoms with E-state index in [9.17, 15) is 8.42 Å². The average Bonchev–Trinajstić information content (AvgIpc) is 3.11. The molecule has 1 N–H and O–H groups in total. The van der Waals surface area contributed by atoms with Crippen LogP contribution in [0.15, 0.2) is 12.7 Å². The molecular formula is C11H20N2O2S. The second-order valence-electron chi connectivity index (χ2n) is 4.60. The van der Waals surface area contributed by atoms with E-state index in [4.69, 9.17) is 0 Å². The van der Waals surface area contributed by atoms with Crippen LogP contribution in [0.5, 0.6) is 0 Å². The highest BCUT2D eigenvalue weighted by molar-refractivity contribution is 7.89. The molecule has 1 aliphatic carbocycles. The van der Waals surface area contributed by atoms with Gasteiger partial charge in [-0.2, -0.15) is 4.31 Å². The van der Waals surface area contributed by atoms with Crippen molar-refractivity contribution in [2.24, 2.45) is 0 Å². The summed E-state index contributed by atoms with van der Waals surface area (Å²) >= 11 is 0.